The molecule has 4 nitrogen and oxygen atoms in total. The van der Waals surface area contributed by atoms with Gasteiger partial charge >= 0.3 is 0 Å². The quantitative estimate of drug-likeness (QED) is 0.656. The van der Waals surface area contributed by atoms with Gasteiger partial charge in [0.15, 0.2) is 5.76 Å². The van der Waals surface area contributed by atoms with Crippen LogP contribution in [0.3, 0.4) is 0 Å². The van der Waals surface area contributed by atoms with Gasteiger partial charge < -0.3 is 9.84 Å². The van der Waals surface area contributed by atoms with Crippen molar-refractivity contribution in [2.45, 2.75) is 66.2 Å². The lowest BCUT2D eigenvalue weighted by Crippen LogP contribution is -2.19. The second kappa shape index (κ2) is 8.05. The summed E-state index contributed by atoms with van der Waals surface area (Å²) in [6.45, 7) is 8.70. The van der Waals surface area contributed by atoms with E-state index in [0.717, 1.165) is 49.1 Å². The van der Waals surface area contributed by atoms with Crippen molar-refractivity contribution < 1.29 is 9.32 Å². The molecule has 5 heteroatoms. The first-order valence-electron chi connectivity index (χ1n) is 9.80. The first-order chi connectivity index (χ1) is 12.7. The van der Waals surface area contributed by atoms with E-state index in [4.69, 9.17) is 16.1 Å². The van der Waals surface area contributed by atoms with E-state index < -0.39 is 0 Å². The molecule has 0 saturated heterocycles. The maximum Gasteiger partial charge on any atom is 0.224 e. The van der Waals surface area contributed by atoms with E-state index in [1.807, 2.05) is 18.2 Å². The lowest BCUT2D eigenvalue weighted by molar-refractivity contribution is -0.117. The highest BCUT2D eigenvalue weighted by Crippen LogP contribution is 2.35. The number of hydrogen-bond donors (Lipinski definition) is 1. The lowest BCUT2D eigenvalue weighted by Gasteiger charge is -2.22. The molecule has 146 valence electrons. The highest BCUT2D eigenvalue weighted by Gasteiger charge is 2.22. The predicted molar refractivity (Wildman–Crippen MR) is 110 cm³/mol. The van der Waals surface area contributed by atoms with E-state index in [1.165, 1.54) is 5.56 Å². The van der Waals surface area contributed by atoms with Crippen LogP contribution in [0.4, 0.5) is 5.69 Å². The maximum atomic E-state index is 12.5. The Morgan fingerprint density at radius 2 is 2.04 bits per heavy atom. The standard InChI is InChI=1S/C22H29ClN2O2/c1-14(13-22(2,3)4)11-20(26)24-19-12-15(9-10-17(19)23)21-16-7-5-6-8-18(16)25-27-21/h9-10,12,14H,5-8,11,13H2,1-4H3,(H,24,26)/t14-/m0/s1. The Morgan fingerprint density at radius 1 is 1.30 bits per heavy atom. The number of halogens is 1. The summed E-state index contributed by atoms with van der Waals surface area (Å²) in [6.07, 6.45) is 5.76. The van der Waals surface area contributed by atoms with Crippen LogP contribution < -0.4 is 5.32 Å². The molecule has 1 aromatic carbocycles. The third-order valence-corrected chi connectivity index (χ3v) is 5.29. The van der Waals surface area contributed by atoms with Gasteiger partial charge in [-0.1, -0.05) is 44.5 Å². The van der Waals surface area contributed by atoms with Crippen molar-refractivity contribution in [1.29, 1.82) is 0 Å². The number of hydrogen-bond acceptors (Lipinski definition) is 3. The van der Waals surface area contributed by atoms with Crippen LogP contribution in [0.1, 0.15) is 64.6 Å². The minimum Gasteiger partial charge on any atom is -0.356 e. The molecule has 0 unspecified atom stereocenters. The fourth-order valence-corrected chi connectivity index (χ4v) is 4.18. The van der Waals surface area contributed by atoms with E-state index in [-0.39, 0.29) is 11.3 Å². The van der Waals surface area contributed by atoms with Crippen LogP contribution >= 0.6 is 11.6 Å². The third-order valence-electron chi connectivity index (χ3n) is 4.96. The summed E-state index contributed by atoms with van der Waals surface area (Å²) in [5.41, 5.74) is 4.01. The van der Waals surface area contributed by atoms with Crippen molar-refractivity contribution in [3.63, 3.8) is 0 Å². The minimum absolute atomic E-state index is 0.00889. The Balaban J connectivity index is 1.74. The van der Waals surface area contributed by atoms with Crippen LogP contribution in [0.25, 0.3) is 11.3 Å². The molecule has 0 bridgehead atoms. The third kappa shape index (κ3) is 5.13. The van der Waals surface area contributed by atoms with Crippen LogP contribution in [-0.4, -0.2) is 11.1 Å². The topological polar surface area (TPSA) is 55.1 Å². The SMILES string of the molecule is C[C@@H](CC(=O)Nc1cc(-c2onc3c2CCCC3)ccc1Cl)CC(C)(C)C. The van der Waals surface area contributed by atoms with Gasteiger partial charge in [0.1, 0.15) is 0 Å². The number of benzene rings is 1. The van der Waals surface area contributed by atoms with Gasteiger partial charge in [-0.05, 0) is 61.6 Å². The zero-order valence-electron chi connectivity index (χ0n) is 16.7. The highest BCUT2D eigenvalue weighted by molar-refractivity contribution is 6.33. The van der Waals surface area contributed by atoms with E-state index >= 15 is 0 Å². The Morgan fingerprint density at radius 3 is 2.78 bits per heavy atom. The summed E-state index contributed by atoms with van der Waals surface area (Å²) in [7, 11) is 0. The van der Waals surface area contributed by atoms with Crippen LogP contribution in [0.5, 0.6) is 0 Å². The summed E-state index contributed by atoms with van der Waals surface area (Å²) >= 11 is 6.33. The maximum absolute atomic E-state index is 12.5. The Kier molecular flexibility index (Phi) is 5.95. The molecule has 1 aromatic heterocycles. The number of aryl methyl sites for hydroxylation is 1. The summed E-state index contributed by atoms with van der Waals surface area (Å²) < 4.78 is 5.62. The van der Waals surface area contributed by atoms with Crippen molar-refractivity contribution >= 4 is 23.2 Å². The monoisotopic (exact) mass is 388 g/mol. The number of anilines is 1. The number of nitrogens with zero attached hydrogens (tertiary/aromatic N) is 1. The fraction of sp³-hybridized carbons (Fsp3) is 0.545. The first-order valence-corrected chi connectivity index (χ1v) is 10.2. The molecule has 1 atom stereocenters. The second-order valence-electron chi connectivity index (χ2n) is 8.96. The smallest absolute Gasteiger partial charge is 0.224 e. The van der Waals surface area contributed by atoms with Crippen molar-refractivity contribution in [2.24, 2.45) is 11.3 Å². The zero-order valence-corrected chi connectivity index (χ0v) is 17.4. The van der Waals surface area contributed by atoms with E-state index in [0.29, 0.717) is 23.0 Å². The van der Waals surface area contributed by atoms with Crippen LogP contribution in [0, 0.1) is 11.3 Å². The largest absolute Gasteiger partial charge is 0.356 e. The molecular formula is C22H29ClN2O2. The molecule has 0 fully saturated rings. The second-order valence-corrected chi connectivity index (χ2v) is 9.37. The van der Waals surface area contributed by atoms with Crippen molar-refractivity contribution in [1.82, 2.24) is 5.16 Å². The van der Waals surface area contributed by atoms with Gasteiger partial charge in [-0.3, -0.25) is 4.79 Å². The number of amides is 1. The van der Waals surface area contributed by atoms with Gasteiger partial charge in [0, 0.05) is 17.5 Å². The van der Waals surface area contributed by atoms with Gasteiger partial charge in [0.05, 0.1) is 16.4 Å². The number of rotatable bonds is 5. The molecule has 3 rings (SSSR count). The Hall–Kier alpha value is -1.81. The molecule has 2 aromatic rings. The molecule has 0 saturated carbocycles. The van der Waals surface area contributed by atoms with Gasteiger partial charge in [-0.25, -0.2) is 0 Å². The molecule has 0 aliphatic heterocycles. The van der Waals surface area contributed by atoms with Crippen LogP contribution in [-0.2, 0) is 17.6 Å². The molecule has 1 aliphatic carbocycles. The van der Waals surface area contributed by atoms with Crippen molar-refractivity contribution in [3.8, 4) is 11.3 Å². The minimum atomic E-state index is -0.00889. The van der Waals surface area contributed by atoms with Crippen molar-refractivity contribution in [3.05, 3.63) is 34.5 Å². The van der Waals surface area contributed by atoms with E-state index in [1.54, 1.807) is 0 Å². The number of carbonyl (C=O) groups is 1. The molecule has 1 N–H and O–H groups in total. The first kappa shape index (κ1) is 19.9. The number of fused-ring (bicyclic) bond motifs is 1. The number of aromatic nitrogens is 1. The normalized spacial score (nSPS) is 15.3. The molecular weight excluding hydrogens is 360 g/mol. The summed E-state index contributed by atoms with van der Waals surface area (Å²) in [5, 5.41) is 7.73. The average Bonchev–Trinajstić information content (AvgIpc) is 2.99. The van der Waals surface area contributed by atoms with Gasteiger partial charge in [0.2, 0.25) is 5.91 Å². The zero-order chi connectivity index (χ0) is 19.6. The molecule has 1 heterocycles. The summed E-state index contributed by atoms with van der Waals surface area (Å²) in [6, 6.07) is 5.63. The molecule has 0 radical (unpaired) electrons. The lowest BCUT2D eigenvalue weighted by atomic mass is 9.84. The molecule has 1 aliphatic rings. The van der Waals surface area contributed by atoms with Crippen LogP contribution in [0.15, 0.2) is 22.7 Å². The van der Waals surface area contributed by atoms with Gasteiger partial charge in [-0.2, -0.15) is 0 Å². The van der Waals surface area contributed by atoms with Crippen molar-refractivity contribution in [2.75, 3.05) is 5.32 Å². The van der Waals surface area contributed by atoms with Crippen LogP contribution in [0.2, 0.25) is 5.02 Å². The average molecular weight is 389 g/mol. The Labute approximate surface area is 166 Å². The highest BCUT2D eigenvalue weighted by atomic mass is 35.5. The predicted octanol–water partition coefficient (Wildman–Crippen LogP) is 6.27. The summed E-state index contributed by atoms with van der Waals surface area (Å²) in [5.74, 6) is 1.11. The molecule has 0 spiro atoms. The number of carbonyl (C=O) groups excluding carboxylic acids is 1. The Bertz CT molecular complexity index is 820. The number of nitrogens with one attached hydrogen (secondary N) is 1. The molecule has 27 heavy (non-hydrogen) atoms. The summed E-state index contributed by atoms with van der Waals surface area (Å²) in [4.78, 5) is 12.5. The molecule has 1 amide bonds. The van der Waals surface area contributed by atoms with Gasteiger partial charge in [0.25, 0.3) is 0 Å². The van der Waals surface area contributed by atoms with E-state index in [2.05, 4.69) is 38.2 Å². The fourth-order valence-electron chi connectivity index (χ4n) is 4.02. The van der Waals surface area contributed by atoms with Gasteiger partial charge in [-0.15, -0.1) is 0 Å². The van der Waals surface area contributed by atoms with E-state index in [9.17, 15) is 4.79 Å².